The van der Waals surface area contributed by atoms with Gasteiger partial charge in [0.25, 0.3) is 11.6 Å². The van der Waals surface area contributed by atoms with E-state index in [0.29, 0.717) is 22.6 Å². The third-order valence-corrected chi connectivity index (χ3v) is 5.84. The van der Waals surface area contributed by atoms with Gasteiger partial charge in [0.05, 0.1) is 12.1 Å². The third-order valence-electron chi connectivity index (χ3n) is 4.23. The largest absolute Gasteiger partial charge is 0.487 e. The summed E-state index contributed by atoms with van der Waals surface area (Å²) in [4.78, 5) is 22.9. The third kappa shape index (κ3) is 6.27. The number of carbonyl (C=O) groups excluding carboxylic acids is 1. The molecule has 0 unspecified atom stereocenters. The summed E-state index contributed by atoms with van der Waals surface area (Å²) in [5, 5.41) is 23.1. The first kappa shape index (κ1) is 23.7. The molecule has 9 heteroatoms. The monoisotopic (exact) mass is 651 g/mol. The van der Waals surface area contributed by atoms with Gasteiger partial charge in [0.1, 0.15) is 24.0 Å². The summed E-state index contributed by atoms with van der Waals surface area (Å²) < 4.78 is 7.47. The van der Waals surface area contributed by atoms with Crippen molar-refractivity contribution in [3.05, 3.63) is 101 Å². The van der Waals surface area contributed by atoms with Crippen LogP contribution >= 0.6 is 45.2 Å². The zero-order valence-corrected chi connectivity index (χ0v) is 20.7. The summed E-state index contributed by atoms with van der Waals surface area (Å²) in [5.41, 5.74) is 1.95. The number of nitrogens with zero attached hydrogens (tertiary/aromatic N) is 2. The van der Waals surface area contributed by atoms with Gasteiger partial charge < -0.3 is 10.1 Å². The van der Waals surface area contributed by atoms with Crippen molar-refractivity contribution in [1.82, 2.24) is 0 Å². The van der Waals surface area contributed by atoms with Gasteiger partial charge in [-0.3, -0.25) is 14.9 Å². The van der Waals surface area contributed by atoms with Crippen LogP contribution in [0.5, 0.6) is 5.75 Å². The molecule has 0 aromatic heterocycles. The SMILES string of the molecule is N#C/C(=C/c1cc(I)c(OCc2cccc([N+](=O)[O-])c2)c(I)c1)C(=O)Nc1ccccc1. The van der Waals surface area contributed by atoms with Gasteiger partial charge in [0.2, 0.25) is 0 Å². The van der Waals surface area contributed by atoms with Gasteiger partial charge in [-0.25, -0.2) is 0 Å². The number of halogens is 2. The second-order valence-corrected chi connectivity index (χ2v) is 8.84. The molecule has 0 aliphatic carbocycles. The maximum absolute atomic E-state index is 12.4. The molecule has 1 N–H and O–H groups in total. The number of nitro groups is 1. The summed E-state index contributed by atoms with van der Waals surface area (Å²) in [6.07, 6.45) is 1.52. The average Bonchev–Trinajstić information content (AvgIpc) is 2.77. The first-order chi connectivity index (χ1) is 15.4. The van der Waals surface area contributed by atoms with Crippen LogP contribution < -0.4 is 10.1 Å². The predicted molar refractivity (Wildman–Crippen MR) is 138 cm³/mol. The number of benzene rings is 3. The molecule has 1 amide bonds. The number of amides is 1. The highest BCUT2D eigenvalue weighted by Gasteiger charge is 2.13. The molecule has 160 valence electrons. The van der Waals surface area contributed by atoms with Gasteiger partial charge in [0.15, 0.2) is 0 Å². The van der Waals surface area contributed by atoms with E-state index in [1.807, 2.05) is 12.1 Å². The van der Waals surface area contributed by atoms with E-state index in [4.69, 9.17) is 4.74 Å². The quantitative estimate of drug-likeness (QED) is 0.112. The number of hydrogen-bond acceptors (Lipinski definition) is 5. The van der Waals surface area contributed by atoms with Crippen molar-refractivity contribution >= 4 is 68.5 Å². The van der Waals surface area contributed by atoms with Crippen LogP contribution in [0.1, 0.15) is 11.1 Å². The Morgan fingerprint density at radius 2 is 1.78 bits per heavy atom. The van der Waals surface area contributed by atoms with Crippen LogP contribution in [0.25, 0.3) is 6.08 Å². The minimum atomic E-state index is -0.491. The number of rotatable bonds is 7. The van der Waals surface area contributed by atoms with E-state index >= 15 is 0 Å². The molecule has 0 fully saturated rings. The van der Waals surface area contributed by atoms with Gasteiger partial charge >= 0.3 is 0 Å². The number of nitrogens with one attached hydrogen (secondary N) is 1. The van der Waals surface area contributed by atoms with Gasteiger partial charge in [0, 0.05) is 17.8 Å². The predicted octanol–water partition coefficient (Wildman–Crippen LogP) is 5.93. The van der Waals surface area contributed by atoms with Crippen molar-refractivity contribution in [2.75, 3.05) is 5.32 Å². The molecule has 0 aliphatic rings. The van der Waals surface area contributed by atoms with E-state index in [1.165, 1.54) is 18.2 Å². The number of ether oxygens (including phenoxy) is 1. The van der Waals surface area contributed by atoms with Gasteiger partial charge in [-0.2, -0.15) is 5.26 Å². The Morgan fingerprint density at radius 3 is 2.41 bits per heavy atom. The Morgan fingerprint density at radius 1 is 1.09 bits per heavy atom. The Balaban J connectivity index is 1.77. The van der Waals surface area contributed by atoms with E-state index < -0.39 is 10.8 Å². The first-order valence-corrected chi connectivity index (χ1v) is 11.4. The Kier molecular flexibility index (Phi) is 8.18. The van der Waals surface area contributed by atoms with Crippen LogP contribution in [0.15, 0.2) is 72.3 Å². The zero-order chi connectivity index (χ0) is 23.1. The number of carbonyl (C=O) groups is 1. The highest BCUT2D eigenvalue weighted by molar-refractivity contribution is 14.1. The number of para-hydroxylation sites is 1. The first-order valence-electron chi connectivity index (χ1n) is 9.20. The Hall–Kier alpha value is -2.98. The molecule has 0 radical (unpaired) electrons. The molecule has 0 saturated heterocycles. The van der Waals surface area contributed by atoms with Gasteiger partial charge in [-0.1, -0.05) is 30.3 Å². The summed E-state index contributed by atoms with van der Waals surface area (Å²) >= 11 is 4.23. The fourth-order valence-electron chi connectivity index (χ4n) is 2.75. The maximum atomic E-state index is 12.4. The molecule has 0 saturated carbocycles. The summed E-state index contributed by atoms with van der Waals surface area (Å²) in [5.74, 6) is 0.136. The molecule has 3 rings (SSSR count). The minimum absolute atomic E-state index is 0.00814. The molecule has 0 bridgehead atoms. The van der Waals surface area contributed by atoms with E-state index in [2.05, 4.69) is 50.5 Å². The van der Waals surface area contributed by atoms with E-state index in [9.17, 15) is 20.2 Å². The van der Waals surface area contributed by atoms with Crippen LogP contribution in [0.2, 0.25) is 0 Å². The van der Waals surface area contributed by atoms with Crippen molar-refractivity contribution < 1.29 is 14.5 Å². The van der Waals surface area contributed by atoms with Crippen molar-refractivity contribution in [1.29, 1.82) is 5.26 Å². The Labute approximate surface area is 211 Å². The van der Waals surface area contributed by atoms with E-state index in [0.717, 1.165) is 7.14 Å². The second kappa shape index (κ2) is 11.1. The van der Waals surface area contributed by atoms with Crippen LogP contribution in [0, 0.1) is 28.6 Å². The second-order valence-electron chi connectivity index (χ2n) is 6.52. The van der Waals surface area contributed by atoms with Gasteiger partial charge in [-0.15, -0.1) is 0 Å². The average molecular weight is 651 g/mol. The fourth-order valence-corrected chi connectivity index (χ4v) is 4.88. The normalized spacial score (nSPS) is 10.8. The van der Waals surface area contributed by atoms with Crippen LogP contribution in [0.4, 0.5) is 11.4 Å². The van der Waals surface area contributed by atoms with Crippen molar-refractivity contribution in [3.63, 3.8) is 0 Å². The number of nitriles is 1. The summed E-state index contributed by atoms with van der Waals surface area (Å²) in [7, 11) is 0. The van der Waals surface area contributed by atoms with Crippen molar-refractivity contribution in [2.45, 2.75) is 6.61 Å². The molecular weight excluding hydrogens is 636 g/mol. The molecule has 0 spiro atoms. The summed E-state index contributed by atoms with van der Waals surface area (Å²) in [6.45, 7) is 0.172. The Bertz CT molecular complexity index is 1210. The highest BCUT2D eigenvalue weighted by Crippen LogP contribution is 2.31. The van der Waals surface area contributed by atoms with Crippen LogP contribution in [-0.2, 0) is 11.4 Å². The number of nitro benzene ring substituents is 1. The van der Waals surface area contributed by atoms with Crippen molar-refractivity contribution in [3.8, 4) is 11.8 Å². The lowest BCUT2D eigenvalue weighted by molar-refractivity contribution is -0.384. The standard InChI is InChI=1S/C23H15I2N3O4/c24-20-11-16(9-17(13-26)23(29)27-18-6-2-1-3-7-18)12-21(25)22(20)32-14-15-5-4-8-19(10-15)28(30)31/h1-12H,14H2,(H,27,29)/b17-9-. The topological polar surface area (TPSA) is 105 Å². The van der Waals surface area contributed by atoms with Gasteiger partial charge in [-0.05, 0) is 86.7 Å². The lowest BCUT2D eigenvalue weighted by Crippen LogP contribution is -2.13. The smallest absolute Gasteiger partial charge is 0.269 e. The molecule has 0 aliphatic heterocycles. The zero-order valence-electron chi connectivity index (χ0n) is 16.4. The number of hydrogen-bond donors (Lipinski definition) is 1. The maximum Gasteiger partial charge on any atom is 0.269 e. The molecule has 3 aromatic rings. The van der Waals surface area contributed by atoms with Crippen LogP contribution in [0.3, 0.4) is 0 Å². The van der Waals surface area contributed by atoms with E-state index in [-0.39, 0.29) is 17.9 Å². The fraction of sp³-hybridized carbons (Fsp3) is 0.0435. The minimum Gasteiger partial charge on any atom is -0.487 e. The molecule has 32 heavy (non-hydrogen) atoms. The molecule has 0 heterocycles. The van der Waals surface area contributed by atoms with Crippen molar-refractivity contribution in [2.24, 2.45) is 0 Å². The molecule has 7 nitrogen and oxygen atoms in total. The van der Waals surface area contributed by atoms with Crippen LogP contribution in [-0.4, -0.2) is 10.8 Å². The van der Waals surface area contributed by atoms with E-state index in [1.54, 1.807) is 48.5 Å². The number of anilines is 1. The summed E-state index contributed by atoms with van der Waals surface area (Å²) in [6, 6.07) is 20.7. The molecule has 0 atom stereocenters. The molecular formula is C23H15I2N3O4. The lowest BCUT2D eigenvalue weighted by atomic mass is 10.1. The highest BCUT2D eigenvalue weighted by atomic mass is 127. The lowest BCUT2D eigenvalue weighted by Gasteiger charge is -2.12. The number of non-ortho nitro benzene ring substituents is 1. The molecule has 3 aromatic carbocycles.